The zero-order chi connectivity index (χ0) is 13.7. The van der Waals surface area contributed by atoms with Crippen LogP contribution in [-0.4, -0.2) is 38.4 Å². The first-order chi connectivity index (χ1) is 9.10. The fourth-order valence-corrected chi connectivity index (χ4v) is 2.61. The Labute approximate surface area is 117 Å². The summed E-state index contributed by atoms with van der Waals surface area (Å²) in [5, 5.41) is 13.3. The number of rotatable bonds is 8. The standard InChI is InChI=1S/C13H19N3O2S/c1-13(11(17)18,16-10-4-5-10)6-2-9-19-12-14-7-3-8-15-12/h3,7-8,10,16H,2,4-6,9H2,1H3,(H,17,18). The van der Waals surface area contributed by atoms with Gasteiger partial charge in [0.2, 0.25) is 0 Å². The highest BCUT2D eigenvalue weighted by molar-refractivity contribution is 7.99. The predicted molar refractivity (Wildman–Crippen MR) is 74.2 cm³/mol. The van der Waals surface area contributed by atoms with Crippen LogP contribution in [0.5, 0.6) is 0 Å². The van der Waals surface area contributed by atoms with Crippen LogP contribution in [0.15, 0.2) is 23.6 Å². The number of nitrogens with one attached hydrogen (secondary N) is 1. The molecule has 104 valence electrons. The summed E-state index contributed by atoms with van der Waals surface area (Å²) in [7, 11) is 0. The molecule has 1 aromatic rings. The molecule has 0 aromatic carbocycles. The Morgan fingerprint density at radius 1 is 1.53 bits per heavy atom. The summed E-state index contributed by atoms with van der Waals surface area (Å²) in [4.78, 5) is 19.6. The number of carboxylic acid groups (broad SMARTS) is 1. The zero-order valence-corrected chi connectivity index (χ0v) is 11.8. The van der Waals surface area contributed by atoms with Crippen molar-refractivity contribution in [3.63, 3.8) is 0 Å². The van der Waals surface area contributed by atoms with Gasteiger partial charge in [-0.15, -0.1) is 0 Å². The van der Waals surface area contributed by atoms with Crippen molar-refractivity contribution in [1.29, 1.82) is 0 Å². The Bertz CT molecular complexity index is 425. The van der Waals surface area contributed by atoms with Crippen LogP contribution in [0.3, 0.4) is 0 Å². The van der Waals surface area contributed by atoms with Crippen LogP contribution < -0.4 is 5.32 Å². The number of hydrogen-bond acceptors (Lipinski definition) is 5. The SMILES string of the molecule is CC(CCCSc1ncccn1)(NC1CC1)C(=O)O. The molecule has 0 aliphatic heterocycles. The van der Waals surface area contributed by atoms with Crippen molar-refractivity contribution in [1.82, 2.24) is 15.3 Å². The molecule has 6 heteroatoms. The maximum atomic E-state index is 11.4. The number of nitrogens with zero attached hydrogens (tertiary/aromatic N) is 2. The molecule has 19 heavy (non-hydrogen) atoms. The van der Waals surface area contributed by atoms with Crippen LogP contribution in [0.25, 0.3) is 0 Å². The highest BCUT2D eigenvalue weighted by atomic mass is 32.2. The third-order valence-corrected chi connectivity index (χ3v) is 4.13. The third kappa shape index (κ3) is 4.47. The average molecular weight is 281 g/mol. The lowest BCUT2D eigenvalue weighted by Crippen LogP contribution is -2.50. The van der Waals surface area contributed by atoms with Crippen molar-refractivity contribution >= 4 is 17.7 Å². The molecule has 1 unspecified atom stereocenters. The van der Waals surface area contributed by atoms with Crippen molar-refractivity contribution in [3.8, 4) is 0 Å². The van der Waals surface area contributed by atoms with E-state index in [0.29, 0.717) is 12.5 Å². The summed E-state index contributed by atoms with van der Waals surface area (Å²) in [5.74, 6) is 0.0690. The van der Waals surface area contributed by atoms with E-state index in [1.165, 1.54) is 0 Å². The predicted octanol–water partition coefficient (Wildman–Crippen LogP) is 1.94. The number of hydrogen-bond donors (Lipinski definition) is 2. The van der Waals surface area contributed by atoms with E-state index in [-0.39, 0.29) is 0 Å². The van der Waals surface area contributed by atoms with Gasteiger partial charge in [-0.05, 0) is 38.7 Å². The number of carbonyl (C=O) groups is 1. The minimum atomic E-state index is -0.806. The van der Waals surface area contributed by atoms with Gasteiger partial charge in [0.05, 0.1) is 0 Å². The fraction of sp³-hybridized carbons (Fsp3) is 0.615. The monoisotopic (exact) mass is 281 g/mol. The van der Waals surface area contributed by atoms with Gasteiger partial charge in [0.25, 0.3) is 0 Å². The molecule has 5 nitrogen and oxygen atoms in total. The second-order valence-electron chi connectivity index (χ2n) is 5.04. The molecular weight excluding hydrogens is 262 g/mol. The number of aromatic nitrogens is 2. The zero-order valence-electron chi connectivity index (χ0n) is 11.0. The van der Waals surface area contributed by atoms with Crippen LogP contribution in [0, 0.1) is 0 Å². The Hall–Kier alpha value is -1.14. The summed E-state index contributed by atoms with van der Waals surface area (Å²) in [6.45, 7) is 1.78. The Morgan fingerprint density at radius 3 is 2.79 bits per heavy atom. The Kier molecular flexibility index (Phi) is 4.76. The fourth-order valence-electron chi connectivity index (χ4n) is 1.87. The summed E-state index contributed by atoms with van der Waals surface area (Å²) in [6.07, 6.45) is 7.06. The normalized spacial score (nSPS) is 17.9. The van der Waals surface area contributed by atoms with E-state index in [4.69, 9.17) is 0 Å². The van der Waals surface area contributed by atoms with Crippen molar-refractivity contribution in [2.45, 2.75) is 49.3 Å². The van der Waals surface area contributed by atoms with E-state index in [9.17, 15) is 9.90 Å². The maximum absolute atomic E-state index is 11.4. The van der Waals surface area contributed by atoms with Gasteiger partial charge in [-0.2, -0.15) is 0 Å². The molecule has 0 radical (unpaired) electrons. The first-order valence-electron chi connectivity index (χ1n) is 6.51. The molecule has 0 saturated heterocycles. The van der Waals surface area contributed by atoms with Gasteiger partial charge in [-0.3, -0.25) is 10.1 Å². The van der Waals surface area contributed by atoms with Gasteiger partial charge in [0.15, 0.2) is 5.16 Å². The van der Waals surface area contributed by atoms with Crippen LogP contribution in [0.1, 0.15) is 32.6 Å². The molecule has 1 aliphatic carbocycles. The van der Waals surface area contributed by atoms with Gasteiger partial charge < -0.3 is 5.11 Å². The van der Waals surface area contributed by atoms with Gasteiger partial charge >= 0.3 is 5.97 Å². The summed E-state index contributed by atoms with van der Waals surface area (Å²) < 4.78 is 0. The second kappa shape index (κ2) is 6.34. The van der Waals surface area contributed by atoms with Crippen molar-refractivity contribution < 1.29 is 9.90 Å². The highest BCUT2D eigenvalue weighted by Gasteiger charge is 2.37. The smallest absolute Gasteiger partial charge is 0.323 e. The minimum absolute atomic E-state index is 0.395. The summed E-state index contributed by atoms with van der Waals surface area (Å²) in [5.41, 5.74) is -0.806. The topological polar surface area (TPSA) is 75.1 Å². The van der Waals surface area contributed by atoms with Crippen LogP contribution in [-0.2, 0) is 4.79 Å². The van der Waals surface area contributed by atoms with Gasteiger partial charge in [0.1, 0.15) is 5.54 Å². The first kappa shape index (κ1) is 14.3. The second-order valence-corrected chi connectivity index (χ2v) is 6.10. The molecule has 0 spiro atoms. The molecule has 1 heterocycles. The van der Waals surface area contributed by atoms with E-state index >= 15 is 0 Å². The number of aliphatic carboxylic acids is 1. The minimum Gasteiger partial charge on any atom is -0.480 e. The van der Waals surface area contributed by atoms with Gasteiger partial charge in [-0.1, -0.05) is 11.8 Å². The molecule has 1 fully saturated rings. The van der Waals surface area contributed by atoms with Crippen LogP contribution in [0.4, 0.5) is 0 Å². The van der Waals surface area contributed by atoms with E-state index in [0.717, 1.165) is 30.2 Å². The highest BCUT2D eigenvalue weighted by Crippen LogP contribution is 2.26. The van der Waals surface area contributed by atoms with Crippen LogP contribution in [0.2, 0.25) is 0 Å². The first-order valence-corrected chi connectivity index (χ1v) is 7.50. The molecular formula is C13H19N3O2S. The third-order valence-electron chi connectivity index (χ3n) is 3.17. The molecule has 2 rings (SSSR count). The lowest BCUT2D eigenvalue weighted by Gasteiger charge is -2.26. The quantitative estimate of drug-likeness (QED) is 0.431. The molecule has 0 bridgehead atoms. The molecule has 1 atom stereocenters. The Balaban J connectivity index is 1.74. The van der Waals surface area contributed by atoms with E-state index in [1.807, 2.05) is 0 Å². The molecule has 1 aromatic heterocycles. The molecule has 1 aliphatic rings. The van der Waals surface area contributed by atoms with Crippen molar-refractivity contribution in [3.05, 3.63) is 18.5 Å². The number of carboxylic acids is 1. The van der Waals surface area contributed by atoms with E-state index in [2.05, 4.69) is 15.3 Å². The molecule has 1 saturated carbocycles. The van der Waals surface area contributed by atoms with E-state index < -0.39 is 11.5 Å². The average Bonchev–Trinajstić information content (AvgIpc) is 3.19. The van der Waals surface area contributed by atoms with Crippen molar-refractivity contribution in [2.24, 2.45) is 0 Å². The maximum Gasteiger partial charge on any atom is 0.323 e. The largest absolute Gasteiger partial charge is 0.480 e. The lowest BCUT2D eigenvalue weighted by atomic mass is 9.96. The van der Waals surface area contributed by atoms with Crippen LogP contribution >= 0.6 is 11.8 Å². The Morgan fingerprint density at radius 2 is 2.21 bits per heavy atom. The van der Waals surface area contributed by atoms with Crippen molar-refractivity contribution in [2.75, 3.05) is 5.75 Å². The number of thioether (sulfide) groups is 1. The van der Waals surface area contributed by atoms with E-state index in [1.54, 1.807) is 37.1 Å². The summed E-state index contributed by atoms with van der Waals surface area (Å²) >= 11 is 1.56. The van der Waals surface area contributed by atoms with Gasteiger partial charge in [0, 0.05) is 24.2 Å². The molecule has 2 N–H and O–H groups in total. The van der Waals surface area contributed by atoms with Gasteiger partial charge in [-0.25, -0.2) is 9.97 Å². The molecule has 0 amide bonds. The lowest BCUT2D eigenvalue weighted by molar-refractivity contribution is -0.144. The summed E-state index contributed by atoms with van der Waals surface area (Å²) in [6, 6.07) is 2.18.